The van der Waals surface area contributed by atoms with Crippen LogP contribution >= 0.6 is 0 Å². The molecule has 7 heteroatoms. The number of Topliss-reactive ketones (excluding diaryl/α,β-unsaturated/α-hetero) is 1. The zero-order valence-electron chi connectivity index (χ0n) is 16.5. The van der Waals surface area contributed by atoms with Gasteiger partial charge in [0.1, 0.15) is 11.6 Å². The number of aliphatic hydroxyl groups is 1. The molecular weight excluding hydrogens is 373 g/mol. The van der Waals surface area contributed by atoms with Crippen LogP contribution in [0, 0.1) is 5.82 Å². The average molecular weight is 397 g/mol. The number of hydrogen-bond donors (Lipinski definition) is 1. The fourth-order valence-electron chi connectivity index (χ4n) is 3.59. The lowest BCUT2D eigenvalue weighted by Gasteiger charge is -2.28. The lowest BCUT2D eigenvalue weighted by molar-refractivity contribution is -0.140. The van der Waals surface area contributed by atoms with E-state index in [4.69, 9.17) is 0 Å². The van der Waals surface area contributed by atoms with Gasteiger partial charge in [-0.3, -0.25) is 14.6 Å². The highest BCUT2D eigenvalue weighted by Crippen LogP contribution is 2.40. The number of likely N-dealkylation sites (N-methyl/N-ethyl adjacent to an activating group) is 1. The number of hydrogen-bond acceptors (Lipinski definition) is 5. The largest absolute Gasteiger partial charge is 0.507 e. The Labute approximate surface area is 169 Å². The van der Waals surface area contributed by atoms with Crippen molar-refractivity contribution in [3.05, 3.63) is 71.3 Å². The molecule has 0 spiro atoms. The fraction of sp³-hybridized carbons (Fsp3) is 0.318. The van der Waals surface area contributed by atoms with E-state index in [9.17, 15) is 19.1 Å². The Balaban J connectivity index is 2.11. The van der Waals surface area contributed by atoms with Crippen LogP contribution in [0.3, 0.4) is 0 Å². The van der Waals surface area contributed by atoms with Gasteiger partial charge in [0.05, 0.1) is 11.6 Å². The third kappa shape index (κ3) is 4.05. The third-order valence-corrected chi connectivity index (χ3v) is 5.25. The Kier molecular flexibility index (Phi) is 6.39. The Morgan fingerprint density at radius 1 is 1.14 bits per heavy atom. The molecule has 1 aromatic carbocycles. The maximum absolute atomic E-state index is 14.7. The molecule has 0 saturated carbocycles. The summed E-state index contributed by atoms with van der Waals surface area (Å²) in [5.41, 5.74) is 0.427. The molecule has 1 N–H and O–H groups in total. The summed E-state index contributed by atoms with van der Waals surface area (Å²) in [7, 11) is 0. The van der Waals surface area contributed by atoms with E-state index < -0.39 is 23.5 Å². The minimum Gasteiger partial charge on any atom is -0.507 e. The van der Waals surface area contributed by atoms with Gasteiger partial charge < -0.3 is 14.9 Å². The number of benzene rings is 1. The fourth-order valence-corrected chi connectivity index (χ4v) is 3.59. The summed E-state index contributed by atoms with van der Waals surface area (Å²) in [6.45, 7) is 6.40. The molecule has 1 amide bonds. The van der Waals surface area contributed by atoms with Gasteiger partial charge in [-0.2, -0.15) is 0 Å². The van der Waals surface area contributed by atoms with Crippen molar-refractivity contribution >= 4 is 17.4 Å². The van der Waals surface area contributed by atoms with Crippen molar-refractivity contribution in [3.63, 3.8) is 0 Å². The zero-order chi connectivity index (χ0) is 21.0. The van der Waals surface area contributed by atoms with Crippen LogP contribution in [-0.2, 0) is 9.59 Å². The predicted octanol–water partition coefficient (Wildman–Crippen LogP) is 2.98. The standard InChI is InChI=1S/C22H24FN3O3/c1-3-25(4-2)13-14-26-19(16-7-5-6-8-17(16)23)18(21(28)22(26)29)20(27)15-9-11-24-12-10-15/h5-12,19,27H,3-4,13-14H2,1-2H3/b20-18+/t19-/m0/s1. The molecule has 3 rings (SSSR count). The molecule has 1 atom stereocenters. The molecule has 0 unspecified atom stereocenters. The highest BCUT2D eigenvalue weighted by Gasteiger charge is 2.46. The number of likely N-dealkylation sites (tertiary alicyclic amines) is 1. The molecule has 152 valence electrons. The van der Waals surface area contributed by atoms with Crippen LogP contribution in [0.5, 0.6) is 0 Å². The van der Waals surface area contributed by atoms with Crippen molar-refractivity contribution in [2.45, 2.75) is 19.9 Å². The van der Waals surface area contributed by atoms with Crippen molar-refractivity contribution in [1.82, 2.24) is 14.8 Å². The first-order valence-electron chi connectivity index (χ1n) is 9.65. The number of rotatable bonds is 7. The summed E-state index contributed by atoms with van der Waals surface area (Å²) in [5.74, 6) is -2.41. The lowest BCUT2D eigenvalue weighted by Crippen LogP contribution is -2.38. The van der Waals surface area contributed by atoms with Crippen LogP contribution in [0.2, 0.25) is 0 Å². The summed E-state index contributed by atoms with van der Waals surface area (Å²) in [6, 6.07) is 8.11. The van der Waals surface area contributed by atoms with Gasteiger partial charge in [-0.05, 0) is 31.3 Å². The van der Waals surface area contributed by atoms with Crippen LogP contribution < -0.4 is 0 Å². The summed E-state index contributed by atoms with van der Waals surface area (Å²) in [4.78, 5) is 33.0. The molecule has 1 fully saturated rings. The zero-order valence-corrected chi connectivity index (χ0v) is 16.5. The van der Waals surface area contributed by atoms with Gasteiger partial charge in [-0.15, -0.1) is 0 Å². The number of pyridine rings is 1. The Hall–Kier alpha value is -3.06. The molecule has 1 aliphatic rings. The van der Waals surface area contributed by atoms with Gasteiger partial charge in [0.15, 0.2) is 0 Å². The lowest BCUT2D eigenvalue weighted by atomic mass is 9.95. The number of ketones is 1. The summed E-state index contributed by atoms with van der Waals surface area (Å²) < 4.78 is 14.7. The maximum atomic E-state index is 14.7. The predicted molar refractivity (Wildman–Crippen MR) is 107 cm³/mol. The molecular formula is C22H24FN3O3. The molecule has 0 bridgehead atoms. The molecule has 0 aliphatic carbocycles. The van der Waals surface area contributed by atoms with Gasteiger partial charge in [0.2, 0.25) is 0 Å². The van der Waals surface area contributed by atoms with Crippen LogP contribution in [0.25, 0.3) is 5.76 Å². The van der Waals surface area contributed by atoms with Crippen LogP contribution in [0.1, 0.15) is 31.0 Å². The number of halogens is 1. The molecule has 0 radical (unpaired) electrons. The quantitative estimate of drug-likeness (QED) is 0.442. The van der Waals surface area contributed by atoms with Gasteiger partial charge in [-0.25, -0.2) is 4.39 Å². The van der Waals surface area contributed by atoms with Gasteiger partial charge in [0.25, 0.3) is 11.7 Å². The van der Waals surface area contributed by atoms with E-state index in [-0.39, 0.29) is 23.4 Å². The SMILES string of the molecule is CCN(CC)CCN1C(=O)C(=O)/C(=C(/O)c2ccncc2)[C@@H]1c1ccccc1F. The van der Waals surface area contributed by atoms with E-state index in [2.05, 4.69) is 9.88 Å². The van der Waals surface area contributed by atoms with E-state index in [1.807, 2.05) is 13.8 Å². The van der Waals surface area contributed by atoms with Crippen molar-refractivity contribution in [1.29, 1.82) is 0 Å². The first-order chi connectivity index (χ1) is 14.0. The van der Waals surface area contributed by atoms with E-state index in [1.54, 1.807) is 12.1 Å². The van der Waals surface area contributed by atoms with Crippen molar-refractivity contribution in [3.8, 4) is 0 Å². The number of amides is 1. The molecule has 29 heavy (non-hydrogen) atoms. The smallest absolute Gasteiger partial charge is 0.295 e. The van der Waals surface area contributed by atoms with Crippen molar-refractivity contribution in [2.75, 3.05) is 26.2 Å². The Morgan fingerprint density at radius 2 is 1.79 bits per heavy atom. The number of carbonyl (C=O) groups excluding carboxylic acids is 2. The van der Waals surface area contributed by atoms with Crippen LogP contribution in [0.4, 0.5) is 4.39 Å². The minimum atomic E-state index is -0.986. The topological polar surface area (TPSA) is 73.7 Å². The van der Waals surface area contributed by atoms with Gasteiger partial charge >= 0.3 is 0 Å². The van der Waals surface area contributed by atoms with Crippen LogP contribution in [-0.4, -0.2) is 57.8 Å². The van der Waals surface area contributed by atoms with Crippen LogP contribution in [0.15, 0.2) is 54.4 Å². The van der Waals surface area contributed by atoms with Gasteiger partial charge in [-0.1, -0.05) is 32.0 Å². The van der Waals surface area contributed by atoms with E-state index in [0.29, 0.717) is 12.1 Å². The monoisotopic (exact) mass is 397 g/mol. The highest BCUT2D eigenvalue weighted by atomic mass is 19.1. The molecule has 6 nitrogen and oxygen atoms in total. The minimum absolute atomic E-state index is 0.106. The molecule has 1 aliphatic heterocycles. The molecule has 1 aromatic heterocycles. The number of aromatic nitrogens is 1. The number of nitrogens with zero attached hydrogens (tertiary/aromatic N) is 3. The summed E-state index contributed by atoms with van der Waals surface area (Å²) in [6.07, 6.45) is 2.95. The molecule has 1 saturated heterocycles. The van der Waals surface area contributed by atoms with E-state index >= 15 is 0 Å². The Bertz CT molecular complexity index is 926. The van der Waals surface area contributed by atoms with Crippen molar-refractivity contribution < 1.29 is 19.1 Å². The van der Waals surface area contributed by atoms with Gasteiger partial charge in [0, 0.05) is 36.6 Å². The first-order valence-corrected chi connectivity index (χ1v) is 9.65. The Morgan fingerprint density at radius 3 is 2.41 bits per heavy atom. The highest BCUT2D eigenvalue weighted by molar-refractivity contribution is 6.46. The van der Waals surface area contributed by atoms with E-state index in [0.717, 1.165) is 13.1 Å². The van der Waals surface area contributed by atoms with E-state index in [1.165, 1.54) is 41.6 Å². The van der Waals surface area contributed by atoms with Crippen molar-refractivity contribution in [2.24, 2.45) is 0 Å². The second-order valence-electron chi connectivity index (χ2n) is 6.78. The second-order valence-corrected chi connectivity index (χ2v) is 6.78. The molecule has 2 heterocycles. The maximum Gasteiger partial charge on any atom is 0.295 e. The third-order valence-electron chi connectivity index (χ3n) is 5.25. The summed E-state index contributed by atoms with van der Waals surface area (Å²) in [5, 5.41) is 10.8. The first kappa shape index (κ1) is 20.7. The normalized spacial score (nSPS) is 18.6. The average Bonchev–Trinajstić information content (AvgIpc) is 2.99. The number of carbonyl (C=O) groups is 2. The number of aliphatic hydroxyl groups excluding tert-OH is 1. The second kappa shape index (κ2) is 8.96. The molecule has 2 aromatic rings. The summed E-state index contributed by atoms with van der Waals surface area (Å²) >= 11 is 0.